The van der Waals surface area contributed by atoms with E-state index in [1.54, 1.807) is 12.1 Å². The Morgan fingerprint density at radius 3 is 2.30 bits per heavy atom. The van der Waals surface area contributed by atoms with Gasteiger partial charge in [0.2, 0.25) is 0 Å². The predicted molar refractivity (Wildman–Crippen MR) is 117 cm³/mol. The zero-order valence-corrected chi connectivity index (χ0v) is 18.1. The van der Waals surface area contributed by atoms with E-state index in [1.807, 2.05) is 30.0 Å². The van der Waals surface area contributed by atoms with Crippen LogP contribution in [-0.4, -0.2) is 54.0 Å². The first-order valence-electron chi connectivity index (χ1n) is 10.7. The van der Waals surface area contributed by atoms with Crippen molar-refractivity contribution in [1.82, 2.24) is 9.80 Å². The number of hydrogen-bond acceptors (Lipinski definition) is 3. The molecule has 4 nitrogen and oxygen atoms in total. The summed E-state index contributed by atoms with van der Waals surface area (Å²) in [5, 5.41) is 0.735. The second-order valence-corrected chi connectivity index (χ2v) is 8.73. The van der Waals surface area contributed by atoms with Crippen LogP contribution >= 0.6 is 11.6 Å². The van der Waals surface area contributed by atoms with Gasteiger partial charge < -0.3 is 9.64 Å². The van der Waals surface area contributed by atoms with E-state index in [2.05, 4.69) is 4.90 Å². The number of hydrogen-bond donors (Lipinski definition) is 0. The maximum atomic E-state index is 13.1. The Balaban J connectivity index is 1.24. The van der Waals surface area contributed by atoms with Gasteiger partial charge in [0.15, 0.2) is 0 Å². The van der Waals surface area contributed by atoms with E-state index >= 15 is 0 Å². The Labute approximate surface area is 182 Å². The van der Waals surface area contributed by atoms with Gasteiger partial charge in [-0.25, -0.2) is 4.39 Å². The number of carbonyl (C=O) groups is 1. The fourth-order valence-corrected chi connectivity index (χ4v) is 4.72. The predicted octanol–water partition coefficient (Wildman–Crippen LogP) is 4.94. The SMILES string of the molecule is Cc1cc(Cl)ccc1OC1CCN(C2CCN(C(=O)c3ccc(F)cc3)CC2)CC1. The van der Waals surface area contributed by atoms with Gasteiger partial charge in [-0.3, -0.25) is 9.69 Å². The lowest BCUT2D eigenvalue weighted by atomic mass is 9.98. The largest absolute Gasteiger partial charge is 0.490 e. The Morgan fingerprint density at radius 2 is 1.67 bits per heavy atom. The lowest BCUT2D eigenvalue weighted by Gasteiger charge is -2.41. The normalized spacial score (nSPS) is 19.1. The highest BCUT2D eigenvalue weighted by Crippen LogP contribution is 2.27. The van der Waals surface area contributed by atoms with Crippen LogP contribution in [0.1, 0.15) is 41.6 Å². The van der Waals surface area contributed by atoms with Crippen LogP contribution in [0.5, 0.6) is 5.75 Å². The molecule has 1 amide bonds. The van der Waals surface area contributed by atoms with E-state index in [9.17, 15) is 9.18 Å². The van der Waals surface area contributed by atoms with Crippen molar-refractivity contribution in [3.8, 4) is 5.75 Å². The van der Waals surface area contributed by atoms with Crippen LogP contribution in [-0.2, 0) is 0 Å². The Hall–Kier alpha value is -2.11. The molecule has 2 aromatic rings. The molecule has 6 heteroatoms. The first-order valence-corrected chi connectivity index (χ1v) is 11.1. The molecule has 2 aliphatic rings. The van der Waals surface area contributed by atoms with Crippen LogP contribution in [0.3, 0.4) is 0 Å². The summed E-state index contributed by atoms with van der Waals surface area (Å²) in [7, 11) is 0. The molecule has 0 bridgehead atoms. The first kappa shape index (κ1) is 21.1. The van der Waals surface area contributed by atoms with E-state index in [0.717, 1.165) is 68.2 Å². The maximum Gasteiger partial charge on any atom is 0.253 e. The number of aryl methyl sites for hydroxylation is 1. The number of nitrogens with zero attached hydrogens (tertiary/aromatic N) is 2. The first-order chi connectivity index (χ1) is 14.5. The van der Waals surface area contributed by atoms with Crippen molar-refractivity contribution >= 4 is 17.5 Å². The van der Waals surface area contributed by atoms with Gasteiger partial charge in [0.25, 0.3) is 5.91 Å². The topological polar surface area (TPSA) is 32.8 Å². The molecule has 30 heavy (non-hydrogen) atoms. The molecule has 2 fully saturated rings. The zero-order chi connectivity index (χ0) is 21.1. The number of benzene rings is 2. The van der Waals surface area contributed by atoms with Crippen LogP contribution in [0.2, 0.25) is 5.02 Å². The molecule has 2 aromatic carbocycles. The third-order valence-electron chi connectivity index (χ3n) is 6.27. The number of carbonyl (C=O) groups excluding carboxylic acids is 1. The van der Waals surface area contributed by atoms with Crippen molar-refractivity contribution in [3.05, 3.63) is 64.4 Å². The lowest BCUT2D eigenvalue weighted by molar-refractivity contribution is 0.0424. The summed E-state index contributed by atoms with van der Waals surface area (Å²) in [6.07, 6.45) is 4.22. The van der Waals surface area contributed by atoms with E-state index in [1.165, 1.54) is 12.1 Å². The average molecular weight is 431 g/mol. The summed E-state index contributed by atoms with van der Waals surface area (Å²) < 4.78 is 19.3. The fraction of sp³-hybridized carbons (Fsp3) is 0.458. The van der Waals surface area contributed by atoms with Crippen LogP contribution in [0.25, 0.3) is 0 Å². The lowest BCUT2D eigenvalue weighted by Crippen LogP contribution is -2.50. The van der Waals surface area contributed by atoms with Gasteiger partial charge in [-0.2, -0.15) is 0 Å². The highest BCUT2D eigenvalue weighted by molar-refractivity contribution is 6.30. The highest BCUT2D eigenvalue weighted by atomic mass is 35.5. The number of piperidine rings is 2. The molecule has 0 unspecified atom stereocenters. The molecule has 0 aromatic heterocycles. The van der Waals surface area contributed by atoms with Crippen molar-refractivity contribution in [2.75, 3.05) is 26.2 Å². The van der Waals surface area contributed by atoms with Gasteiger partial charge in [-0.1, -0.05) is 11.6 Å². The molecule has 0 spiro atoms. The number of likely N-dealkylation sites (tertiary alicyclic amines) is 2. The molecule has 4 rings (SSSR count). The summed E-state index contributed by atoms with van der Waals surface area (Å²) >= 11 is 6.03. The molecule has 0 saturated carbocycles. The molecule has 2 aliphatic heterocycles. The quantitative estimate of drug-likeness (QED) is 0.689. The average Bonchev–Trinajstić information content (AvgIpc) is 2.76. The molecule has 0 aliphatic carbocycles. The minimum absolute atomic E-state index is 0.00103. The third kappa shape index (κ3) is 4.96. The number of halogens is 2. The Morgan fingerprint density at radius 1 is 1.00 bits per heavy atom. The van der Waals surface area contributed by atoms with Crippen LogP contribution in [0, 0.1) is 12.7 Å². The van der Waals surface area contributed by atoms with Gasteiger partial charge >= 0.3 is 0 Å². The summed E-state index contributed by atoms with van der Waals surface area (Å²) in [6.45, 7) is 5.57. The zero-order valence-electron chi connectivity index (χ0n) is 17.3. The monoisotopic (exact) mass is 430 g/mol. The minimum Gasteiger partial charge on any atom is -0.490 e. The van der Waals surface area contributed by atoms with Crippen LogP contribution in [0.4, 0.5) is 4.39 Å². The van der Waals surface area contributed by atoms with Gasteiger partial charge in [-0.15, -0.1) is 0 Å². The molecule has 2 saturated heterocycles. The fourth-order valence-electron chi connectivity index (χ4n) is 4.49. The maximum absolute atomic E-state index is 13.1. The number of rotatable bonds is 4. The van der Waals surface area contributed by atoms with Gasteiger partial charge in [0.05, 0.1) is 0 Å². The standard InChI is InChI=1S/C24H28ClFN2O2/c1-17-16-19(25)4-7-23(17)30-22-10-14-27(15-11-22)21-8-12-28(13-9-21)24(29)18-2-5-20(26)6-3-18/h2-7,16,21-22H,8-15H2,1H3. The van der Waals surface area contributed by atoms with Gasteiger partial charge in [0, 0.05) is 42.8 Å². The van der Waals surface area contributed by atoms with Crippen molar-refractivity contribution in [3.63, 3.8) is 0 Å². The molecule has 0 atom stereocenters. The van der Waals surface area contributed by atoms with E-state index in [0.29, 0.717) is 11.6 Å². The summed E-state index contributed by atoms with van der Waals surface area (Å²) in [6, 6.07) is 12.1. The molecular formula is C24H28ClFN2O2. The van der Waals surface area contributed by atoms with Crippen molar-refractivity contribution in [2.24, 2.45) is 0 Å². The molecular weight excluding hydrogens is 403 g/mol. The summed E-state index contributed by atoms with van der Waals surface area (Å²) in [5.74, 6) is 0.605. The summed E-state index contributed by atoms with van der Waals surface area (Å²) in [5.41, 5.74) is 1.63. The van der Waals surface area contributed by atoms with E-state index in [4.69, 9.17) is 16.3 Å². The number of amides is 1. The molecule has 0 N–H and O–H groups in total. The van der Waals surface area contributed by atoms with Gasteiger partial charge in [0.1, 0.15) is 17.7 Å². The van der Waals surface area contributed by atoms with E-state index < -0.39 is 0 Å². The number of ether oxygens (including phenoxy) is 1. The van der Waals surface area contributed by atoms with Crippen LogP contribution < -0.4 is 4.74 Å². The Kier molecular flexibility index (Phi) is 6.59. The highest BCUT2D eigenvalue weighted by Gasteiger charge is 2.30. The van der Waals surface area contributed by atoms with Crippen LogP contribution in [0.15, 0.2) is 42.5 Å². The Bertz CT molecular complexity index is 873. The minimum atomic E-state index is -0.316. The van der Waals surface area contributed by atoms with Crippen molar-refractivity contribution in [1.29, 1.82) is 0 Å². The third-order valence-corrected chi connectivity index (χ3v) is 6.50. The second-order valence-electron chi connectivity index (χ2n) is 8.29. The second kappa shape index (κ2) is 9.36. The molecule has 0 radical (unpaired) electrons. The van der Waals surface area contributed by atoms with E-state index in [-0.39, 0.29) is 17.8 Å². The van der Waals surface area contributed by atoms with Gasteiger partial charge in [-0.05, 0) is 80.6 Å². The molecule has 2 heterocycles. The van der Waals surface area contributed by atoms with Crippen molar-refractivity contribution in [2.45, 2.75) is 44.8 Å². The van der Waals surface area contributed by atoms with Crippen molar-refractivity contribution < 1.29 is 13.9 Å². The summed E-state index contributed by atoms with van der Waals surface area (Å²) in [4.78, 5) is 17.1. The molecule has 160 valence electrons. The smallest absolute Gasteiger partial charge is 0.253 e.